The molecule has 0 aliphatic rings. The summed E-state index contributed by atoms with van der Waals surface area (Å²) in [6, 6.07) is 0. The fourth-order valence-corrected chi connectivity index (χ4v) is 4.84. The zero-order valence-corrected chi connectivity index (χ0v) is 14.8. The highest BCUT2D eigenvalue weighted by atomic mass is 31.2. The second-order valence-electron chi connectivity index (χ2n) is 5.29. The van der Waals surface area contributed by atoms with Crippen molar-refractivity contribution in [1.82, 2.24) is 0 Å². The summed E-state index contributed by atoms with van der Waals surface area (Å²) in [7, 11) is -10.6. The SMILES string of the molecule is CCCCCCCCCC(O)(P(=O)(O)O)P(=O)(O)OC(C)=O. The molecule has 2 atom stereocenters. The molecule has 0 fully saturated rings. The Hall–Kier alpha value is -0.230. The van der Waals surface area contributed by atoms with E-state index in [2.05, 4.69) is 11.4 Å². The Morgan fingerprint density at radius 2 is 1.45 bits per heavy atom. The van der Waals surface area contributed by atoms with Crippen LogP contribution < -0.4 is 0 Å². The molecule has 0 spiro atoms. The first kappa shape index (κ1) is 21.8. The lowest BCUT2D eigenvalue weighted by Gasteiger charge is -2.31. The number of hydrogen-bond donors (Lipinski definition) is 4. The van der Waals surface area contributed by atoms with Gasteiger partial charge in [0.05, 0.1) is 0 Å². The van der Waals surface area contributed by atoms with Gasteiger partial charge in [0.2, 0.25) is 0 Å². The van der Waals surface area contributed by atoms with Gasteiger partial charge in [-0.05, 0) is 6.42 Å². The summed E-state index contributed by atoms with van der Waals surface area (Å²) in [6.07, 6.45) is 5.05. The van der Waals surface area contributed by atoms with Crippen LogP contribution in [-0.4, -0.2) is 30.8 Å². The molecule has 0 radical (unpaired) electrons. The molecule has 0 aliphatic heterocycles. The molecule has 0 heterocycles. The summed E-state index contributed by atoms with van der Waals surface area (Å²) in [5.41, 5.74) is 0. The Balaban J connectivity index is 4.70. The maximum Gasteiger partial charge on any atom is 0.422 e. The van der Waals surface area contributed by atoms with Crippen molar-refractivity contribution >= 4 is 21.2 Å². The van der Waals surface area contributed by atoms with E-state index in [0.717, 1.165) is 39.0 Å². The fraction of sp³-hybridized carbons (Fsp3) is 0.917. The molecule has 132 valence electrons. The highest BCUT2D eigenvalue weighted by Gasteiger charge is 2.61. The van der Waals surface area contributed by atoms with Crippen molar-refractivity contribution < 1.29 is 38.2 Å². The summed E-state index contributed by atoms with van der Waals surface area (Å²) in [6.45, 7) is 2.89. The van der Waals surface area contributed by atoms with Gasteiger partial charge in [-0.2, -0.15) is 0 Å². The van der Waals surface area contributed by atoms with Crippen LogP contribution in [0.5, 0.6) is 0 Å². The van der Waals surface area contributed by atoms with Crippen LogP contribution in [0.2, 0.25) is 0 Å². The molecule has 10 heteroatoms. The molecule has 4 N–H and O–H groups in total. The average Bonchev–Trinajstić information content (AvgIpc) is 2.34. The number of unbranched alkanes of at least 4 members (excludes halogenated alkanes) is 6. The van der Waals surface area contributed by atoms with Crippen LogP contribution >= 0.6 is 15.2 Å². The third-order valence-electron chi connectivity index (χ3n) is 3.29. The minimum absolute atomic E-state index is 0.138. The van der Waals surface area contributed by atoms with Gasteiger partial charge in [-0.15, -0.1) is 0 Å². The fourth-order valence-electron chi connectivity index (χ4n) is 2.02. The van der Waals surface area contributed by atoms with E-state index in [0.29, 0.717) is 6.42 Å². The Bertz CT molecular complexity index is 446. The normalized spacial score (nSPS) is 17.5. The van der Waals surface area contributed by atoms with Crippen molar-refractivity contribution in [3.8, 4) is 0 Å². The van der Waals surface area contributed by atoms with E-state index in [9.17, 15) is 33.7 Å². The second kappa shape index (κ2) is 9.16. The molecular formula is C12H26O8P2. The molecule has 0 aliphatic carbocycles. The Kier molecular flexibility index (Phi) is 9.06. The third kappa shape index (κ3) is 6.49. The summed E-state index contributed by atoms with van der Waals surface area (Å²) in [5.74, 6) is -1.20. The molecule has 0 saturated carbocycles. The Morgan fingerprint density at radius 3 is 1.86 bits per heavy atom. The maximum atomic E-state index is 11.9. The van der Waals surface area contributed by atoms with Gasteiger partial charge < -0.3 is 24.3 Å². The van der Waals surface area contributed by atoms with Crippen LogP contribution in [0.1, 0.15) is 65.2 Å². The minimum atomic E-state index is -5.37. The molecule has 0 aromatic heterocycles. The molecule has 8 nitrogen and oxygen atoms in total. The summed E-state index contributed by atoms with van der Waals surface area (Å²) in [4.78, 5) is 38.8. The van der Waals surface area contributed by atoms with E-state index in [-0.39, 0.29) is 6.42 Å². The molecule has 0 saturated heterocycles. The predicted octanol–water partition coefficient (Wildman–Crippen LogP) is 2.70. The third-order valence-corrected chi connectivity index (χ3v) is 7.62. The molecular weight excluding hydrogens is 334 g/mol. The van der Waals surface area contributed by atoms with Gasteiger partial charge >= 0.3 is 21.2 Å². The predicted molar refractivity (Wildman–Crippen MR) is 81.2 cm³/mol. The molecule has 0 aromatic rings. The summed E-state index contributed by atoms with van der Waals surface area (Å²) >= 11 is 0. The standard InChI is InChI=1S/C12H26O8P2/c1-3-4-5-6-7-8-9-10-12(14,21(15,16)17)22(18,19)20-11(2)13/h14H,3-10H2,1-2H3,(H,18,19)(H2,15,16,17). The largest absolute Gasteiger partial charge is 0.422 e. The van der Waals surface area contributed by atoms with Gasteiger partial charge in [0, 0.05) is 13.3 Å². The highest BCUT2D eigenvalue weighted by Crippen LogP contribution is 2.71. The van der Waals surface area contributed by atoms with Gasteiger partial charge in [0.15, 0.2) is 0 Å². The number of hydrogen-bond acceptors (Lipinski definition) is 5. The van der Waals surface area contributed by atoms with Gasteiger partial charge in [0.25, 0.3) is 5.08 Å². The van der Waals surface area contributed by atoms with Gasteiger partial charge in [-0.25, -0.2) is 4.57 Å². The summed E-state index contributed by atoms with van der Waals surface area (Å²) < 4.78 is 27.3. The van der Waals surface area contributed by atoms with Crippen molar-refractivity contribution in [2.24, 2.45) is 0 Å². The lowest BCUT2D eigenvalue weighted by Crippen LogP contribution is -2.30. The van der Waals surface area contributed by atoms with Crippen molar-refractivity contribution in [2.45, 2.75) is 70.3 Å². The van der Waals surface area contributed by atoms with E-state index in [1.165, 1.54) is 0 Å². The molecule has 22 heavy (non-hydrogen) atoms. The van der Waals surface area contributed by atoms with E-state index in [4.69, 9.17) is 0 Å². The molecule has 0 bridgehead atoms. The van der Waals surface area contributed by atoms with Gasteiger partial charge in [-0.1, -0.05) is 45.4 Å². The zero-order chi connectivity index (χ0) is 17.4. The van der Waals surface area contributed by atoms with Gasteiger partial charge in [0.1, 0.15) is 0 Å². The van der Waals surface area contributed by atoms with Crippen LogP contribution in [0, 0.1) is 0 Å². The molecule has 0 amide bonds. The minimum Gasteiger partial charge on any atom is -0.390 e. The maximum absolute atomic E-state index is 11.9. The van der Waals surface area contributed by atoms with Crippen LogP contribution in [0.25, 0.3) is 0 Å². The van der Waals surface area contributed by atoms with Crippen LogP contribution in [0.15, 0.2) is 0 Å². The highest BCUT2D eigenvalue weighted by molar-refractivity contribution is 7.72. The lowest BCUT2D eigenvalue weighted by atomic mass is 10.1. The molecule has 0 rings (SSSR count). The van der Waals surface area contributed by atoms with Gasteiger partial charge in [-0.3, -0.25) is 9.36 Å². The van der Waals surface area contributed by atoms with Crippen molar-refractivity contribution in [2.75, 3.05) is 0 Å². The van der Waals surface area contributed by atoms with Crippen LogP contribution in [0.3, 0.4) is 0 Å². The van der Waals surface area contributed by atoms with E-state index >= 15 is 0 Å². The van der Waals surface area contributed by atoms with E-state index < -0.39 is 32.7 Å². The second-order valence-corrected chi connectivity index (χ2v) is 9.44. The zero-order valence-electron chi connectivity index (χ0n) is 13.0. The first-order chi connectivity index (χ1) is 9.98. The number of carbonyl (C=O) groups is 1. The first-order valence-corrected chi connectivity index (χ1v) is 10.5. The number of aliphatic hydroxyl groups is 1. The molecule has 0 aromatic carbocycles. The average molecular weight is 360 g/mol. The summed E-state index contributed by atoms with van der Waals surface area (Å²) in [5, 5.41) is 6.76. The molecule has 2 unspecified atom stereocenters. The topological polar surface area (TPSA) is 141 Å². The van der Waals surface area contributed by atoms with Crippen LogP contribution in [-0.2, 0) is 18.4 Å². The first-order valence-electron chi connectivity index (χ1n) is 7.29. The van der Waals surface area contributed by atoms with Crippen LogP contribution in [0.4, 0.5) is 0 Å². The van der Waals surface area contributed by atoms with Crippen molar-refractivity contribution in [3.05, 3.63) is 0 Å². The Labute approximate surface area is 130 Å². The van der Waals surface area contributed by atoms with Crippen molar-refractivity contribution in [3.63, 3.8) is 0 Å². The lowest BCUT2D eigenvalue weighted by molar-refractivity contribution is -0.132. The Morgan fingerprint density at radius 1 is 1.00 bits per heavy atom. The number of rotatable bonds is 11. The quantitative estimate of drug-likeness (QED) is 0.325. The smallest absolute Gasteiger partial charge is 0.390 e. The van der Waals surface area contributed by atoms with Crippen molar-refractivity contribution in [1.29, 1.82) is 0 Å². The number of carbonyl (C=O) groups excluding carboxylic acids is 1. The van der Waals surface area contributed by atoms with E-state index in [1.54, 1.807) is 0 Å². The monoisotopic (exact) mass is 360 g/mol. The van der Waals surface area contributed by atoms with E-state index in [1.807, 2.05) is 0 Å².